The van der Waals surface area contributed by atoms with Crippen molar-refractivity contribution in [3.05, 3.63) is 41.7 Å². The summed E-state index contributed by atoms with van der Waals surface area (Å²) < 4.78 is 11.8. The Kier molecular flexibility index (Phi) is 4.31. The van der Waals surface area contributed by atoms with Gasteiger partial charge in [0.2, 0.25) is 0 Å². The van der Waals surface area contributed by atoms with Crippen molar-refractivity contribution >= 4 is 5.97 Å². The lowest BCUT2D eigenvalue weighted by Crippen LogP contribution is -2.29. The number of ether oxygens (including phenoxy) is 2. The van der Waals surface area contributed by atoms with Crippen molar-refractivity contribution in [2.75, 3.05) is 0 Å². The second-order valence-electron chi connectivity index (χ2n) is 6.70. The van der Waals surface area contributed by atoms with Gasteiger partial charge in [-0.2, -0.15) is 0 Å². The number of hydrogen-bond acceptors (Lipinski definition) is 4. The van der Waals surface area contributed by atoms with E-state index in [1.54, 1.807) is 6.20 Å². The molecule has 0 aliphatic carbocycles. The quantitative estimate of drug-likeness (QED) is 0.607. The molecular formula is C20H23NO3. The van der Waals surface area contributed by atoms with Crippen LogP contribution >= 0.6 is 0 Å². The maximum Gasteiger partial charge on any atom is 0.308 e. The minimum absolute atomic E-state index is 0.333. The summed E-state index contributed by atoms with van der Waals surface area (Å²) in [6.07, 6.45) is 6.70. The Morgan fingerprint density at radius 2 is 2.12 bits per heavy atom. The monoisotopic (exact) mass is 325 g/mol. The van der Waals surface area contributed by atoms with Gasteiger partial charge in [-0.3, -0.25) is 9.78 Å². The summed E-state index contributed by atoms with van der Waals surface area (Å²) in [5, 5.41) is 0. The van der Waals surface area contributed by atoms with E-state index in [0.717, 1.165) is 47.3 Å². The maximum absolute atomic E-state index is 11.6. The number of fused-ring (bicyclic) bond motifs is 3. The Morgan fingerprint density at radius 1 is 1.33 bits per heavy atom. The van der Waals surface area contributed by atoms with Gasteiger partial charge >= 0.3 is 5.97 Å². The van der Waals surface area contributed by atoms with Gasteiger partial charge in [0.1, 0.15) is 17.1 Å². The number of aryl methyl sites for hydroxylation is 1. The van der Waals surface area contributed by atoms with Crippen molar-refractivity contribution in [1.82, 2.24) is 4.98 Å². The fraction of sp³-hybridized carbons (Fsp3) is 0.400. The molecule has 1 aromatic carbocycles. The van der Waals surface area contributed by atoms with Crippen LogP contribution in [0.3, 0.4) is 0 Å². The van der Waals surface area contributed by atoms with Gasteiger partial charge in [-0.05, 0) is 50.5 Å². The maximum atomic E-state index is 11.6. The van der Waals surface area contributed by atoms with Crippen LogP contribution in [0.4, 0.5) is 0 Å². The fourth-order valence-electron chi connectivity index (χ4n) is 3.20. The van der Waals surface area contributed by atoms with Gasteiger partial charge in [0.25, 0.3) is 0 Å². The van der Waals surface area contributed by atoms with E-state index in [1.807, 2.05) is 32.2 Å². The van der Waals surface area contributed by atoms with Gasteiger partial charge in [-0.15, -0.1) is 0 Å². The Balaban J connectivity index is 2.20. The second-order valence-corrected chi connectivity index (χ2v) is 6.70. The first-order valence-corrected chi connectivity index (χ1v) is 8.41. The van der Waals surface area contributed by atoms with Gasteiger partial charge in [-0.1, -0.05) is 13.3 Å². The molecule has 3 rings (SSSR count). The molecule has 1 aliphatic heterocycles. The average molecular weight is 325 g/mol. The molecule has 0 unspecified atom stereocenters. The van der Waals surface area contributed by atoms with Gasteiger partial charge in [0.05, 0.1) is 5.56 Å². The highest BCUT2D eigenvalue weighted by atomic mass is 16.5. The summed E-state index contributed by atoms with van der Waals surface area (Å²) in [6, 6.07) is 5.98. The van der Waals surface area contributed by atoms with Crippen molar-refractivity contribution < 1.29 is 14.3 Å². The van der Waals surface area contributed by atoms with Gasteiger partial charge in [-0.25, -0.2) is 0 Å². The third kappa shape index (κ3) is 3.01. The average Bonchev–Trinajstić information content (AvgIpc) is 2.51. The molecule has 0 spiro atoms. The normalized spacial score (nSPS) is 14.3. The van der Waals surface area contributed by atoms with E-state index < -0.39 is 5.60 Å². The summed E-state index contributed by atoms with van der Waals surface area (Å²) in [7, 11) is 0. The zero-order valence-corrected chi connectivity index (χ0v) is 14.7. The number of pyridine rings is 1. The molecule has 0 fully saturated rings. The minimum atomic E-state index is -0.456. The number of carbonyl (C=O) groups is 1. The van der Waals surface area contributed by atoms with E-state index >= 15 is 0 Å². The minimum Gasteiger partial charge on any atom is -0.482 e. The van der Waals surface area contributed by atoms with Crippen LogP contribution in [-0.4, -0.2) is 11.0 Å². The molecule has 0 saturated heterocycles. The summed E-state index contributed by atoms with van der Waals surface area (Å²) in [5.41, 5.74) is 3.48. The number of nitrogens with zero attached hydrogens (tertiary/aromatic N) is 1. The van der Waals surface area contributed by atoms with Crippen LogP contribution in [0.1, 0.15) is 51.7 Å². The number of esters is 1. The van der Waals surface area contributed by atoms with Gasteiger partial charge in [0.15, 0.2) is 0 Å². The molecule has 1 aliphatic rings. The molecular weight excluding hydrogens is 302 g/mol. The smallest absolute Gasteiger partial charge is 0.308 e. The summed E-state index contributed by atoms with van der Waals surface area (Å²) in [6.45, 7) is 7.66. The SMILES string of the molecule is CCCCc1cc(OC(C)=O)c2c(c1)OC(C)(C)c1ccncc1-2. The van der Waals surface area contributed by atoms with Crippen LogP contribution in [-0.2, 0) is 16.8 Å². The van der Waals surface area contributed by atoms with E-state index in [-0.39, 0.29) is 5.97 Å². The molecule has 1 aromatic heterocycles. The number of carbonyl (C=O) groups excluding carboxylic acids is 1. The lowest BCUT2D eigenvalue weighted by molar-refractivity contribution is -0.131. The van der Waals surface area contributed by atoms with Crippen molar-refractivity contribution in [3.63, 3.8) is 0 Å². The Morgan fingerprint density at radius 3 is 2.83 bits per heavy atom. The first-order chi connectivity index (χ1) is 11.4. The Hall–Kier alpha value is -2.36. The number of hydrogen-bond donors (Lipinski definition) is 0. The molecule has 0 atom stereocenters. The topological polar surface area (TPSA) is 48.4 Å². The predicted octanol–water partition coefficient (Wildman–Crippen LogP) is 4.64. The zero-order valence-electron chi connectivity index (χ0n) is 14.7. The number of rotatable bonds is 4. The molecule has 2 aromatic rings. The second kappa shape index (κ2) is 6.27. The van der Waals surface area contributed by atoms with Crippen molar-refractivity contribution in [1.29, 1.82) is 0 Å². The third-order valence-electron chi connectivity index (χ3n) is 4.30. The first kappa shape index (κ1) is 16.5. The first-order valence-electron chi connectivity index (χ1n) is 8.41. The largest absolute Gasteiger partial charge is 0.482 e. The Labute approximate surface area is 142 Å². The molecule has 0 N–H and O–H groups in total. The molecule has 24 heavy (non-hydrogen) atoms. The van der Waals surface area contributed by atoms with E-state index in [9.17, 15) is 4.79 Å². The molecule has 0 bridgehead atoms. The summed E-state index contributed by atoms with van der Waals surface area (Å²) >= 11 is 0. The highest BCUT2D eigenvalue weighted by Crippen LogP contribution is 2.49. The van der Waals surface area contributed by atoms with Crippen molar-refractivity contribution in [2.45, 2.75) is 52.6 Å². The molecule has 0 saturated carbocycles. The summed E-state index contributed by atoms with van der Waals surface area (Å²) in [5.74, 6) is 0.973. The van der Waals surface area contributed by atoms with Crippen LogP contribution in [0, 0.1) is 0 Å². The van der Waals surface area contributed by atoms with E-state index in [4.69, 9.17) is 9.47 Å². The Bertz CT molecular complexity index is 780. The van der Waals surface area contributed by atoms with Crippen LogP contribution in [0.25, 0.3) is 11.1 Å². The van der Waals surface area contributed by atoms with Crippen LogP contribution in [0.5, 0.6) is 11.5 Å². The fourth-order valence-corrected chi connectivity index (χ4v) is 3.20. The third-order valence-corrected chi connectivity index (χ3v) is 4.30. The van der Waals surface area contributed by atoms with Crippen LogP contribution in [0.15, 0.2) is 30.6 Å². The number of aromatic nitrogens is 1. The predicted molar refractivity (Wildman–Crippen MR) is 93.2 cm³/mol. The standard InChI is InChI=1S/C20H23NO3/c1-5-6-7-14-10-17(23-13(2)22)19-15-12-21-9-8-16(15)20(3,4)24-18(19)11-14/h8-12H,5-7H2,1-4H3. The lowest BCUT2D eigenvalue weighted by Gasteiger charge is -2.35. The zero-order chi connectivity index (χ0) is 17.3. The molecule has 4 heteroatoms. The van der Waals surface area contributed by atoms with Crippen LogP contribution in [0.2, 0.25) is 0 Å². The number of unbranched alkanes of at least 4 members (excludes halogenated alkanes) is 1. The molecule has 4 nitrogen and oxygen atoms in total. The van der Waals surface area contributed by atoms with Crippen molar-refractivity contribution in [3.8, 4) is 22.6 Å². The molecule has 2 heterocycles. The molecule has 0 amide bonds. The van der Waals surface area contributed by atoms with Crippen molar-refractivity contribution in [2.24, 2.45) is 0 Å². The van der Waals surface area contributed by atoms with E-state index in [0.29, 0.717) is 5.75 Å². The van der Waals surface area contributed by atoms with E-state index in [1.165, 1.54) is 6.92 Å². The highest BCUT2D eigenvalue weighted by Gasteiger charge is 2.35. The lowest BCUT2D eigenvalue weighted by atomic mass is 9.86. The van der Waals surface area contributed by atoms with E-state index in [2.05, 4.69) is 18.0 Å². The van der Waals surface area contributed by atoms with Gasteiger partial charge in [0, 0.05) is 30.4 Å². The summed E-state index contributed by atoms with van der Waals surface area (Å²) in [4.78, 5) is 15.8. The molecule has 0 radical (unpaired) electrons. The van der Waals surface area contributed by atoms with Crippen LogP contribution < -0.4 is 9.47 Å². The molecule has 126 valence electrons. The highest BCUT2D eigenvalue weighted by molar-refractivity contribution is 5.84. The number of benzene rings is 1. The van der Waals surface area contributed by atoms with Gasteiger partial charge < -0.3 is 9.47 Å².